The highest BCUT2D eigenvalue weighted by Crippen LogP contribution is 2.41. The van der Waals surface area contributed by atoms with E-state index in [2.05, 4.69) is 11.4 Å². The van der Waals surface area contributed by atoms with Gasteiger partial charge in [0.05, 0.1) is 22.6 Å². The van der Waals surface area contributed by atoms with Crippen LogP contribution in [0.1, 0.15) is 31.2 Å². The molecule has 1 heterocycles. The summed E-state index contributed by atoms with van der Waals surface area (Å²) in [5, 5.41) is 11.0. The number of amides is 2. The van der Waals surface area contributed by atoms with Gasteiger partial charge in [-0.1, -0.05) is 0 Å². The molecule has 1 N–H and O–H groups in total. The predicted octanol–water partition coefficient (Wildman–Crippen LogP) is 3.41. The molecule has 1 unspecified atom stereocenters. The van der Waals surface area contributed by atoms with E-state index in [0.29, 0.717) is 17.7 Å². The van der Waals surface area contributed by atoms with Gasteiger partial charge >= 0.3 is 6.18 Å². The molecular weight excluding hydrogens is 367 g/mol. The van der Waals surface area contributed by atoms with E-state index in [0.717, 1.165) is 30.3 Å². The van der Waals surface area contributed by atoms with Crippen LogP contribution in [-0.2, 0) is 15.8 Å². The fraction of sp³-hybridized carbons (Fsp3) is 0.471. The molecule has 1 aromatic carbocycles. The van der Waals surface area contributed by atoms with E-state index in [9.17, 15) is 28.0 Å². The predicted molar refractivity (Wildman–Crippen MR) is 89.3 cm³/mol. The average Bonchev–Trinajstić information content (AvgIpc) is 2.53. The van der Waals surface area contributed by atoms with Crippen LogP contribution in [0.3, 0.4) is 0 Å². The lowest BCUT2D eigenvalue weighted by Gasteiger charge is -2.43. The van der Waals surface area contributed by atoms with Gasteiger partial charge in [-0.05, 0) is 37.5 Å². The molecule has 1 fully saturated rings. The van der Waals surface area contributed by atoms with Gasteiger partial charge in [0, 0.05) is 18.4 Å². The molecule has 9 heteroatoms. The first kappa shape index (κ1) is 18.6. The van der Waals surface area contributed by atoms with Crippen molar-refractivity contribution in [1.29, 1.82) is 5.26 Å². The zero-order valence-corrected chi connectivity index (χ0v) is 14.7. The van der Waals surface area contributed by atoms with Crippen LogP contribution >= 0.6 is 11.8 Å². The van der Waals surface area contributed by atoms with Crippen molar-refractivity contribution in [2.45, 2.75) is 47.5 Å². The second-order valence-electron chi connectivity index (χ2n) is 6.46. The zero-order chi connectivity index (χ0) is 19.1. The van der Waals surface area contributed by atoms with Crippen LogP contribution in [0.2, 0.25) is 0 Å². The number of halogens is 3. The number of nitrogens with zero attached hydrogens (tertiary/aromatic N) is 2. The van der Waals surface area contributed by atoms with E-state index in [4.69, 9.17) is 0 Å². The van der Waals surface area contributed by atoms with E-state index >= 15 is 0 Å². The molecule has 1 aliphatic heterocycles. The fourth-order valence-corrected chi connectivity index (χ4v) is 4.11. The van der Waals surface area contributed by atoms with E-state index in [1.165, 1.54) is 11.0 Å². The molecule has 0 spiro atoms. The second kappa shape index (κ2) is 6.50. The van der Waals surface area contributed by atoms with Gasteiger partial charge in [0.25, 0.3) is 0 Å². The Labute approximate surface area is 152 Å². The summed E-state index contributed by atoms with van der Waals surface area (Å²) >= 11 is 1.06. The molecule has 1 saturated carbocycles. The van der Waals surface area contributed by atoms with Gasteiger partial charge in [0.15, 0.2) is 0 Å². The average molecular weight is 383 g/mol. The number of hydrogen-bond acceptors (Lipinski definition) is 4. The summed E-state index contributed by atoms with van der Waals surface area (Å²) in [6, 6.07) is 5.31. The molecule has 0 aromatic heterocycles. The third-order valence-electron chi connectivity index (χ3n) is 4.89. The largest absolute Gasteiger partial charge is 0.416 e. The van der Waals surface area contributed by atoms with Crippen molar-refractivity contribution < 1.29 is 22.8 Å². The molecule has 1 aliphatic carbocycles. The summed E-state index contributed by atoms with van der Waals surface area (Å²) in [7, 11) is 1.56. The number of nitrogens with one attached hydrogen (secondary N) is 1. The quantitative estimate of drug-likeness (QED) is 0.868. The Bertz CT molecular complexity index is 799. The number of benzene rings is 1. The number of thioether (sulfide) groups is 1. The maximum Gasteiger partial charge on any atom is 0.416 e. The molecule has 2 aliphatic rings. The number of alkyl halides is 3. The lowest BCUT2D eigenvalue weighted by atomic mass is 9.76. The molecule has 0 radical (unpaired) electrons. The van der Waals surface area contributed by atoms with Crippen LogP contribution in [0.15, 0.2) is 23.1 Å². The molecule has 0 saturated heterocycles. The SMILES string of the molecule is CN(C(=O)CC1Sc2ccc(C(F)(F)F)cc2NC1=O)C1(C#N)CCC1. The van der Waals surface area contributed by atoms with Crippen LogP contribution in [0.25, 0.3) is 0 Å². The summed E-state index contributed by atoms with van der Waals surface area (Å²) in [5.41, 5.74) is -1.54. The van der Waals surface area contributed by atoms with E-state index < -0.39 is 28.4 Å². The van der Waals surface area contributed by atoms with Crippen molar-refractivity contribution in [3.8, 4) is 6.07 Å². The minimum Gasteiger partial charge on any atom is -0.327 e. The lowest BCUT2D eigenvalue weighted by molar-refractivity contribution is -0.138. The number of rotatable bonds is 3. The van der Waals surface area contributed by atoms with Crippen molar-refractivity contribution in [2.24, 2.45) is 0 Å². The van der Waals surface area contributed by atoms with Gasteiger partial charge in [-0.15, -0.1) is 11.8 Å². The number of carbonyl (C=O) groups excluding carboxylic acids is 2. The first-order valence-electron chi connectivity index (χ1n) is 8.03. The number of anilines is 1. The normalized spacial score (nSPS) is 21.0. The second-order valence-corrected chi connectivity index (χ2v) is 7.70. The van der Waals surface area contributed by atoms with Gasteiger partial charge in [0.1, 0.15) is 5.54 Å². The summed E-state index contributed by atoms with van der Waals surface area (Å²) in [6.07, 6.45) is -2.51. The van der Waals surface area contributed by atoms with Gasteiger partial charge in [-0.2, -0.15) is 18.4 Å². The first-order valence-corrected chi connectivity index (χ1v) is 8.91. The number of nitriles is 1. The monoisotopic (exact) mass is 383 g/mol. The highest BCUT2D eigenvalue weighted by molar-refractivity contribution is 8.01. The van der Waals surface area contributed by atoms with E-state index in [1.54, 1.807) is 7.05 Å². The van der Waals surface area contributed by atoms with Gasteiger partial charge < -0.3 is 10.2 Å². The zero-order valence-electron chi connectivity index (χ0n) is 13.9. The van der Waals surface area contributed by atoms with Crippen LogP contribution < -0.4 is 5.32 Å². The molecule has 2 amide bonds. The summed E-state index contributed by atoms with van der Waals surface area (Å²) in [6.45, 7) is 0. The molecule has 5 nitrogen and oxygen atoms in total. The van der Waals surface area contributed by atoms with Crippen LogP contribution in [0, 0.1) is 11.3 Å². The number of fused-ring (bicyclic) bond motifs is 1. The summed E-state index contributed by atoms with van der Waals surface area (Å²) in [5.74, 6) is -0.836. The molecule has 138 valence electrons. The summed E-state index contributed by atoms with van der Waals surface area (Å²) in [4.78, 5) is 26.6. The molecule has 1 aromatic rings. The van der Waals surface area contributed by atoms with Gasteiger partial charge in [-0.3, -0.25) is 9.59 Å². The maximum atomic E-state index is 12.8. The highest BCUT2D eigenvalue weighted by atomic mass is 32.2. The minimum atomic E-state index is -4.49. The molecular formula is C17H16F3N3O2S. The van der Waals surface area contributed by atoms with Crippen LogP contribution in [-0.4, -0.2) is 34.6 Å². The third kappa shape index (κ3) is 3.26. The van der Waals surface area contributed by atoms with Gasteiger partial charge in [-0.25, -0.2) is 0 Å². The Hall–Kier alpha value is -2.21. The van der Waals surface area contributed by atoms with Gasteiger partial charge in [0.2, 0.25) is 11.8 Å². The smallest absolute Gasteiger partial charge is 0.327 e. The maximum absolute atomic E-state index is 12.8. The standard InChI is InChI=1S/C17H16F3N3O2S/c1-23(16(9-21)5-2-6-16)14(24)8-13-15(25)22-11-7-10(17(18,19)20)3-4-12(11)26-13/h3-4,7,13H,2,5-6,8H2,1H3,(H,22,25). The van der Waals surface area contributed by atoms with Crippen molar-refractivity contribution in [1.82, 2.24) is 4.90 Å². The lowest BCUT2D eigenvalue weighted by Crippen LogP contribution is -2.54. The van der Waals surface area contributed by atoms with Crippen LogP contribution in [0.4, 0.5) is 18.9 Å². The van der Waals surface area contributed by atoms with Crippen molar-refractivity contribution >= 4 is 29.3 Å². The van der Waals surface area contributed by atoms with Crippen LogP contribution in [0.5, 0.6) is 0 Å². The Kier molecular flexibility index (Phi) is 4.65. The number of carbonyl (C=O) groups is 2. The summed E-state index contributed by atoms with van der Waals surface area (Å²) < 4.78 is 38.3. The minimum absolute atomic E-state index is 0.0966. The fourth-order valence-electron chi connectivity index (χ4n) is 3.03. The molecule has 1 atom stereocenters. The van der Waals surface area contributed by atoms with Crippen molar-refractivity contribution in [3.63, 3.8) is 0 Å². The highest BCUT2D eigenvalue weighted by Gasteiger charge is 2.44. The first-order chi connectivity index (χ1) is 12.2. The Morgan fingerprint density at radius 2 is 2.15 bits per heavy atom. The Morgan fingerprint density at radius 1 is 1.46 bits per heavy atom. The van der Waals surface area contributed by atoms with E-state index in [-0.39, 0.29) is 18.0 Å². The Morgan fingerprint density at radius 3 is 2.69 bits per heavy atom. The van der Waals surface area contributed by atoms with Crippen molar-refractivity contribution in [2.75, 3.05) is 12.4 Å². The number of hydrogen-bond donors (Lipinski definition) is 1. The Balaban J connectivity index is 1.73. The van der Waals surface area contributed by atoms with E-state index in [1.807, 2.05) is 0 Å². The topological polar surface area (TPSA) is 73.2 Å². The van der Waals surface area contributed by atoms with Crippen molar-refractivity contribution in [3.05, 3.63) is 23.8 Å². The third-order valence-corrected chi connectivity index (χ3v) is 6.17. The molecule has 3 rings (SSSR count). The molecule has 0 bridgehead atoms. The molecule has 26 heavy (non-hydrogen) atoms.